The van der Waals surface area contributed by atoms with E-state index in [1.165, 1.54) is 12.1 Å². The van der Waals surface area contributed by atoms with E-state index < -0.39 is 11.8 Å². The van der Waals surface area contributed by atoms with Crippen LogP contribution in [0.15, 0.2) is 18.2 Å². The number of ether oxygens (including phenoxy) is 1. The number of hydrogen-bond acceptors (Lipinski definition) is 3. The molecular weight excluding hydrogens is 237 g/mol. The molecule has 1 atom stereocenters. The molecule has 0 aromatic heterocycles. The number of aromatic carboxylic acids is 1. The number of halogens is 1. The van der Waals surface area contributed by atoms with Crippen LogP contribution in [0.1, 0.15) is 30.1 Å². The molecule has 1 aliphatic heterocycles. The molecule has 2 N–H and O–H groups in total. The van der Waals surface area contributed by atoms with E-state index in [0.29, 0.717) is 12.2 Å². The number of nitrogens with one attached hydrogen (secondary N) is 1. The standard InChI is InChI=1S/C13H16FNO3/c1-13(5-2-6-18-13)8-15-11-4-3-9(14)7-10(11)12(16)17/h3-4,7,15H,2,5-6,8H2,1H3,(H,16,17). The van der Waals surface area contributed by atoms with Crippen LogP contribution in [0.2, 0.25) is 0 Å². The van der Waals surface area contributed by atoms with E-state index in [1.807, 2.05) is 6.92 Å². The zero-order valence-electron chi connectivity index (χ0n) is 10.2. The van der Waals surface area contributed by atoms with Gasteiger partial charge in [0.25, 0.3) is 0 Å². The highest BCUT2D eigenvalue weighted by molar-refractivity contribution is 5.94. The Kier molecular flexibility index (Phi) is 3.52. The van der Waals surface area contributed by atoms with Crippen molar-refractivity contribution in [2.75, 3.05) is 18.5 Å². The Morgan fingerprint density at radius 3 is 3.00 bits per heavy atom. The summed E-state index contributed by atoms with van der Waals surface area (Å²) < 4.78 is 18.6. The van der Waals surface area contributed by atoms with Crippen LogP contribution >= 0.6 is 0 Å². The molecule has 1 aromatic carbocycles. The Labute approximate surface area is 105 Å². The van der Waals surface area contributed by atoms with Gasteiger partial charge in [-0.05, 0) is 38.0 Å². The first-order valence-corrected chi connectivity index (χ1v) is 5.91. The van der Waals surface area contributed by atoms with Gasteiger partial charge in [-0.1, -0.05) is 0 Å². The summed E-state index contributed by atoms with van der Waals surface area (Å²) in [5.74, 6) is -1.70. The lowest BCUT2D eigenvalue weighted by molar-refractivity contribution is 0.0314. The van der Waals surface area contributed by atoms with Crippen LogP contribution < -0.4 is 5.32 Å². The highest BCUT2D eigenvalue weighted by Crippen LogP contribution is 2.26. The molecule has 0 radical (unpaired) electrons. The van der Waals surface area contributed by atoms with Crippen LogP contribution in [0.5, 0.6) is 0 Å². The lowest BCUT2D eigenvalue weighted by atomic mass is 10.0. The Bertz CT molecular complexity index is 456. The van der Waals surface area contributed by atoms with E-state index in [0.717, 1.165) is 25.5 Å². The van der Waals surface area contributed by atoms with Crippen LogP contribution in [-0.4, -0.2) is 29.8 Å². The number of carbonyl (C=O) groups is 1. The van der Waals surface area contributed by atoms with Crippen molar-refractivity contribution in [3.8, 4) is 0 Å². The predicted molar refractivity (Wildman–Crippen MR) is 65.4 cm³/mol. The van der Waals surface area contributed by atoms with E-state index in [1.54, 1.807) is 0 Å². The molecule has 1 aliphatic rings. The van der Waals surface area contributed by atoms with Gasteiger partial charge in [-0.2, -0.15) is 0 Å². The Morgan fingerprint density at radius 1 is 1.61 bits per heavy atom. The number of hydrogen-bond donors (Lipinski definition) is 2. The maximum Gasteiger partial charge on any atom is 0.337 e. The number of benzene rings is 1. The maximum atomic E-state index is 13.0. The van der Waals surface area contributed by atoms with Crippen LogP contribution in [-0.2, 0) is 4.74 Å². The summed E-state index contributed by atoms with van der Waals surface area (Å²) in [6.45, 7) is 3.23. The van der Waals surface area contributed by atoms with Gasteiger partial charge < -0.3 is 15.2 Å². The molecule has 1 unspecified atom stereocenters. The second-order valence-corrected chi connectivity index (χ2v) is 4.75. The van der Waals surface area contributed by atoms with Gasteiger partial charge in [0.15, 0.2) is 0 Å². The minimum atomic E-state index is -1.14. The fourth-order valence-electron chi connectivity index (χ4n) is 2.11. The van der Waals surface area contributed by atoms with E-state index in [4.69, 9.17) is 9.84 Å². The van der Waals surface area contributed by atoms with Gasteiger partial charge in [-0.25, -0.2) is 9.18 Å². The summed E-state index contributed by atoms with van der Waals surface area (Å²) in [5.41, 5.74) is 0.0849. The molecular formula is C13H16FNO3. The highest BCUT2D eigenvalue weighted by atomic mass is 19.1. The molecule has 1 saturated heterocycles. The van der Waals surface area contributed by atoms with Gasteiger partial charge in [0.05, 0.1) is 11.2 Å². The molecule has 1 aromatic rings. The molecule has 98 valence electrons. The SMILES string of the molecule is CC1(CNc2ccc(F)cc2C(=O)O)CCCO1. The lowest BCUT2D eigenvalue weighted by Gasteiger charge is -2.24. The third-order valence-corrected chi connectivity index (χ3v) is 3.17. The number of anilines is 1. The average molecular weight is 253 g/mol. The highest BCUT2D eigenvalue weighted by Gasteiger charge is 2.29. The predicted octanol–water partition coefficient (Wildman–Crippen LogP) is 2.50. The Hall–Kier alpha value is -1.62. The normalized spacial score (nSPS) is 23.0. The van der Waals surface area contributed by atoms with Crippen molar-refractivity contribution >= 4 is 11.7 Å². The van der Waals surface area contributed by atoms with Crippen LogP contribution in [0.3, 0.4) is 0 Å². The second-order valence-electron chi connectivity index (χ2n) is 4.75. The van der Waals surface area contributed by atoms with Crippen LogP contribution in [0.4, 0.5) is 10.1 Å². The summed E-state index contributed by atoms with van der Waals surface area (Å²) in [7, 11) is 0. The first-order valence-electron chi connectivity index (χ1n) is 5.91. The summed E-state index contributed by atoms with van der Waals surface area (Å²) in [4.78, 5) is 11.0. The van der Waals surface area contributed by atoms with E-state index in [2.05, 4.69) is 5.32 Å². The van der Waals surface area contributed by atoms with E-state index in [-0.39, 0.29) is 11.2 Å². The van der Waals surface area contributed by atoms with Gasteiger partial charge in [0, 0.05) is 18.8 Å². The van der Waals surface area contributed by atoms with Gasteiger partial charge in [0.1, 0.15) is 5.82 Å². The molecule has 0 saturated carbocycles. The molecule has 1 fully saturated rings. The van der Waals surface area contributed by atoms with Crippen molar-refractivity contribution in [2.24, 2.45) is 0 Å². The van der Waals surface area contributed by atoms with Crippen molar-refractivity contribution < 1.29 is 19.0 Å². The summed E-state index contributed by atoms with van der Waals surface area (Å²) in [6.07, 6.45) is 1.94. The molecule has 5 heteroatoms. The van der Waals surface area contributed by atoms with Gasteiger partial charge >= 0.3 is 5.97 Å². The van der Waals surface area contributed by atoms with Crippen molar-refractivity contribution in [1.29, 1.82) is 0 Å². The first kappa shape index (κ1) is 12.8. The largest absolute Gasteiger partial charge is 0.478 e. The first-order chi connectivity index (χ1) is 8.50. The van der Waals surface area contributed by atoms with E-state index in [9.17, 15) is 9.18 Å². The quantitative estimate of drug-likeness (QED) is 0.865. The molecule has 1 heterocycles. The molecule has 0 bridgehead atoms. The summed E-state index contributed by atoms with van der Waals surface area (Å²) >= 11 is 0. The minimum absolute atomic E-state index is 0.0587. The number of carboxylic acids is 1. The van der Waals surface area contributed by atoms with Gasteiger partial charge in [-0.15, -0.1) is 0 Å². The van der Waals surface area contributed by atoms with Crippen molar-refractivity contribution in [3.63, 3.8) is 0 Å². The number of carboxylic acid groups (broad SMARTS) is 1. The van der Waals surface area contributed by atoms with Gasteiger partial charge in [0.2, 0.25) is 0 Å². The summed E-state index contributed by atoms with van der Waals surface area (Å²) in [5, 5.41) is 12.0. The van der Waals surface area contributed by atoms with Crippen LogP contribution in [0.25, 0.3) is 0 Å². The third kappa shape index (κ3) is 2.79. The molecule has 0 spiro atoms. The smallest absolute Gasteiger partial charge is 0.337 e. The van der Waals surface area contributed by atoms with Crippen molar-refractivity contribution in [1.82, 2.24) is 0 Å². The van der Waals surface area contributed by atoms with Crippen molar-refractivity contribution in [2.45, 2.75) is 25.4 Å². The monoisotopic (exact) mass is 253 g/mol. The minimum Gasteiger partial charge on any atom is -0.478 e. The molecule has 2 rings (SSSR count). The fraction of sp³-hybridized carbons (Fsp3) is 0.462. The average Bonchev–Trinajstić information content (AvgIpc) is 2.75. The second kappa shape index (κ2) is 4.94. The molecule has 18 heavy (non-hydrogen) atoms. The van der Waals surface area contributed by atoms with Crippen molar-refractivity contribution in [3.05, 3.63) is 29.6 Å². The van der Waals surface area contributed by atoms with E-state index >= 15 is 0 Å². The maximum absolute atomic E-state index is 13.0. The van der Waals surface area contributed by atoms with Gasteiger partial charge in [-0.3, -0.25) is 0 Å². The zero-order valence-corrected chi connectivity index (χ0v) is 10.2. The Morgan fingerprint density at radius 2 is 2.39 bits per heavy atom. The fourth-order valence-corrected chi connectivity index (χ4v) is 2.11. The third-order valence-electron chi connectivity index (χ3n) is 3.17. The lowest BCUT2D eigenvalue weighted by Crippen LogP contribution is -2.32. The molecule has 4 nitrogen and oxygen atoms in total. The topological polar surface area (TPSA) is 58.6 Å². The Balaban J connectivity index is 2.11. The molecule has 0 aliphatic carbocycles. The number of rotatable bonds is 4. The molecule has 0 amide bonds. The summed E-state index contributed by atoms with van der Waals surface area (Å²) in [6, 6.07) is 3.70. The zero-order chi connectivity index (χ0) is 13.2. The van der Waals surface area contributed by atoms with Crippen LogP contribution in [0, 0.1) is 5.82 Å².